The molecule has 0 radical (unpaired) electrons. The van der Waals surface area contributed by atoms with Crippen molar-refractivity contribution in [2.24, 2.45) is 0 Å². The Morgan fingerprint density at radius 1 is 0.429 bits per heavy atom. The van der Waals surface area contributed by atoms with Gasteiger partial charge in [-0.25, -0.2) is 9.67 Å². The number of hydrogen-bond acceptors (Lipinski definition) is 2. The Labute approximate surface area is 202 Å². The van der Waals surface area contributed by atoms with Gasteiger partial charge in [0.25, 0.3) is 0 Å². The maximum absolute atomic E-state index is 5.07. The van der Waals surface area contributed by atoms with Gasteiger partial charge in [-0.15, -0.1) is 5.10 Å². The molecule has 35 heavy (non-hydrogen) atoms. The largest absolute Gasteiger partial charge is 0.213 e. The van der Waals surface area contributed by atoms with Gasteiger partial charge in [0, 0.05) is 11.1 Å². The minimum absolute atomic E-state index is 0.715. The normalized spacial score (nSPS) is 11.4. The van der Waals surface area contributed by atoms with Gasteiger partial charge in [-0.2, -0.15) is 0 Å². The van der Waals surface area contributed by atoms with Crippen molar-refractivity contribution in [3.63, 3.8) is 0 Å². The lowest BCUT2D eigenvalue weighted by atomic mass is 10.1. The lowest BCUT2D eigenvalue weighted by Crippen LogP contribution is -2.00. The van der Waals surface area contributed by atoms with E-state index in [1.165, 1.54) is 32.3 Å². The highest BCUT2D eigenvalue weighted by Gasteiger charge is 2.16. The van der Waals surface area contributed by atoms with Crippen LogP contribution in [0.1, 0.15) is 0 Å². The zero-order chi connectivity index (χ0) is 23.2. The molecule has 0 aliphatic heterocycles. The molecule has 6 aromatic carbocycles. The minimum atomic E-state index is 0.715. The van der Waals surface area contributed by atoms with Gasteiger partial charge >= 0.3 is 0 Å². The molecule has 0 N–H and O–H groups in total. The fraction of sp³-hybridized carbons (Fsp3) is 0. The lowest BCUT2D eigenvalue weighted by Gasteiger charge is -2.08. The highest BCUT2D eigenvalue weighted by molar-refractivity contribution is 5.89. The molecule has 3 nitrogen and oxygen atoms in total. The topological polar surface area (TPSA) is 30.7 Å². The first-order chi connectivity index (χ1) is 17.3. The zero-order valence-corrected chi connectivity index (χ0v) is 19.0. The molecule has 0 saturated heterocycles. The SMILES string of the molecule is c1ccc2cc(-c3nc(-c4ccc5ccccc5c4)n(-c4ccc5ccccc5c4)n3)ccc2c1. The molecule has 7 aromatic rings. The molecule has 0 aliphatic rings. The third-order valence-electron chi connectivity index (χ3n) is 6.60. The average molecular weight is 448 g/mol. The van der Waals surface area contributed by atoms with Gasteiger partial charge in [0.05, 0.1) is 5.69 Å². The lowest BCUT2D eigenvalue weighted by molar-refractivity contribution is 0.892. The molecule has 1 heterocycles. The molecule has 0 aliphatic carbocycles. The zero-order valence-electron chi connectivity index (χ0n) is 19.0. The molecule has 0 unspecified atom stereocenters. The van der Waals surface area contributed by atoms with Crippen molar-refractivity contribution in [1.82, 2.24) is 14.8 Å². The van der Waals surface area contributed by atoms with E-state index in [-0.39, 0.29) is 0 Å². The molecule has 7 rings (SSSR count). The van der Waals surface area contributed by atoms with Crippen molar-refractivity contribution in [3.05, 3.63) is 127 Å². The number of aromatic nitrogens is 3. The van der Waals surface area contributed by atoms with E-state index in [1.54, 1.807) is 0 Å². The summed E-state index contributed by atoms with van der Waals surface area (Å²) in [6, 6.07) is 44.5. The molecule has 0 amide bonds. The molecule has 164 valence electrons. The first kappa shape index (κ1) is 19.7. The van der Waals surface area contributed by atoms with Crippen LogP contribution in [0.15, 0.2) is 127 Å². The van der Waals surface area contributed by atoms with Gasteiger partial charge in [0.15, 0.2) is 11.6 Å². The Morgan fingerprint density at radius 2 is 0.914 bits per heavy atom. The third kappa shape index (κ3) is 3.46. The number of nitrogens with zero attached hydrogens (tertiary/aromatic N) is 3. The van der Waals surface area contributed by atoms with Crippen LogP contribution in [-0.4, -0.2) is 14.8 Å². The summed E-state index contributed by atoms with van der Waals surface area (Å²) in [5.74, 6) is 1.54. The predicted octanol–water partition coefficient (Wildman–Crippen LogP) is 8.06. The highest BCUT2D eigenvalue weighted by atomic mass is 15.4. The van der Waals surface area contributed by atoms with Crippen molar-refractivity contribution >= 4 is 32.3 Å². The van der Waals surface area contributed by atoms with Crippen LogP contribution in [0.2, 0.25) is 0 Å². The molecule has 0 atom stereocenters. The Bertz CT molecular complexity index is 1770. The summed E-state index contributed by atoms with van der Waals surface area (Å²) in [5, 5.41) is 12.2. The maximum Gasteiger partial charge on any atom is 0.182 e. The van der Waals surface area contributed by atoms with E-state index in [0.29, 0.717) is 5.82 Å². The van der Waals surface area contributed by atoms with Gasteiger partial charge in [-0.05, 0) is 56.6 Å². The highest BCUT2D eigenvalue weighted by Crippen LogP contribution is 2.30. The van der Waals surface area contributed by atoms with Crippen LogP contribution in [0.4, 0.5) is 0 Å². The molecular formula is C32H21N3. The summed E-state index contributed by atoms with van der Waals surface area (Å²) >= 11 is 0. The van der Waals surface area contributed by atoms with Crippen molar-refractivity contribution in [2.75, 3.05) is 0 Å². The van der Waals surface area contributed by atoms with E-state index >= 15 is 0 Å². The quantitative estimate of drug-likeness (QED) is 0.274. The van der Waals surface area contributed by atoms with E-state index in [1.807, 2.05) is 4.68 Å². The van der Waals surface area contributed by atoms with Gasteiger partial charge in [-0.3, -0.25) is 0 Å². The summed E-state index contributed by atoms with van der Waals surface area (Å²) in [4.78, 5) is 5.07. The Morgan fingerprint density at radius 3 is 1.54 bits per heavy atom. The fourth-order valence-corrected chi connectivity index (χ4v) is 4.77. The summed E-state index contributed by atoms with van der Waals surface area (Å²) in [5.41, 5.74) is 3.04. The molecule has 0 bridgehead atoms. The maximum atomic E-state index is 5.07. The van der Waals surface area contributed by atoms with Crippen molar-refractivity contribution in [3.8, 4) is 28.5 Å². The summed E-state index contributed by atoms with van der Waals surface area (Å²) in [6.07, 6.45) is 0. The van der Waals surface area contributed by atoms with Crippen molar-refractivity contribution < 1.29 is 0 Å². The third-order valence-corrected chi connectivity index (χ3v) is 6.60. The summed E-state index contributed by atoms with van der Waals surface area (Å²) < 4.78 is 1.97. The average Bonchev–Trinajstić information content (AvgIpc) is 3.38. The summed E-state index contributed by atoms with van der Waals surface area (Å²) in [6.45, 7) is 0. The van der Waals surface area contributed by atoms with E-state index in [2.05, 4.69) is 127 Å². The minimum Gasteiger partial charge on any atom is -0.213 e. The Hall–Kier alpha value is -4.76. The van der Waals surface area contributed by atoms with Crippen LogP contribution in [0.25, 0.3) is 60.8 Å². The van der Waals surface area contributed by atoms with Crippen LogP contribution in [0, 0.1) is 0 Å². The Balaban J connectivity index is 1.45. The van der Waals surface area contributed by atoms with Crippen LogP contribution in [0.3, 0.4) is 0 Å². The first-order valence-electron chi connectivity index (χ1n) is 11.8. The van der Waals surface area contributed by atoms with E-state index in [4.69, 9.17) is 10.1 Å². The van der Waals surface area contributed by atoms with Crippen LogP contribution >= 0.6 is 0 Å². The van der Waals surface area contributed by atoms with Crippen LogP contribution in [-0.2, 0) is 0 Å². The van der Waals surface area contributed by atoms with E-state index < -0.39 is 0 Å². The van der Waals surface area contributed by atoms with Crippen LogP contribution < -0.4 is 0 Å². The van der Waals surface area contributed by atoms with Gasteiger partial charge in [-0.1, -0.05) is 103 Å². The van der Waals surface area contributed by atoms with Gasteiger partial charge in [0.2, 0.25) is 0 Å². The smallest absolute Gasteiger partial charge is 0.182 e. The van der Waals surface area contributed by atoms with Gasteiger partial charge < -0.3 is 0 Å². The molecule has 0 saturated carbocycles. The van der Waals surface area contributed by atoms with Crippen LogP contribution in [0.5, 0.6) is 0 Å². The molecule has 3 heteroatoms. The molecule has 0 spiro atoms. The van der Waals surface area contributed by atoms with Crippen molar-refractivity contribution in [2.45, 2.75) is 0 Å². The first-order valence-corrected chi connectivity index (χ1v) is 11.8. The van der Waals surface area contributed by atoms with Gasteiger partial charge in [0.1, 0.15) is 0 Å². The molecule has 0 fully saturated rings. The predicted molar refractivity (Wildman–Crippen MR) is 145 cm³/mol. The second kappa shape index (κ2) is 7.93. The van der Waals surface area contributed by atoms with Crippen molar-refractivity contribution in [1.29, 1.82) is 0 Å². The number of fused-ring (bicyclic) bond motifs is 3. The summed E-state index contributed by atoms with van der Waals surface area (Å²) in [7, 11) is 0. The second-order valence-electron chi connectivity index (χ2n) is 8.83. The van der Waals surface area contributed by atoms with E-state index in [9.17, 15) is 0 Å². The monoisotopic (exact) mass is 447 g/mol. The molecule has 1 aromatic heterocycles. The number of benzene rings is 6. The van der Waals surface area contributed by atoms with E-state index in [0.717, 1.165) is 22.6 Å². The number of hydrogen-bond donors (Lipinski definition) is 0. The second-order valence-corrected chi connectivity index (χ2v) is 8.83. The Kier molecular flexibility index (Phi) is 4.46. The standard InChI is InChI=1S/C32H21N3/c1-4-10-25-19-28(15-13-22(25)7-1)31-33-32(29-16-14-23-8-2-5-11-26(23)20-29)35(34-31)30-18-17-24-9-3-6-12-27(24)21-30/h1-21H. The molecular weight excluding hydrogens is 426 g/mol. The fourth-order valence-electron chi connectivity index (χ4n) is 4.77. The number of rotatable bonds is 3.